The Morgan fingerprint density at radius 1 is 0.943 bits per heavy atom. The largest absolute Gasteiger partial charge is 0.489 e. The smallest absolute Gasteiger partial charge is 0.290 e. The fourth-order valence-electron chi connectivity index (χ4n) is 4.36. The molecule has 0 spiro atoms. The maximum atomic E-state index is 14.6. The number of amides is 1. The summed E-state index contributed by atoms with van der Waals surface area (Å²) in [6.07, 6.45) is 0. The minimum atomic E-state index is -0.435. The van der Waals surface area contributed by atoms with Crippen molar-refractivity contribution in [2.75, 3.05) is 31.1 Å². The molecule has 2 heterocycles. The van der Waals surface area contributed by atoms with Crippen LogP contribution in [0.2, 0.25) is 0 Å². The second-order valence-corrected chi connectivity index (χ2v) is 8.51. The van der Waals surface area contributed by atoms with Crippen molar-refractivity contribution >= 4 is 28.3 Å². The zero-order valence-electron chi connectivity index (χ0n) is 19.4. The number of para-hydroxylation sites is 2. The van der Waals surface area contributed by atoms with Gasteiger partial charge < -0.3 is 19.0 Å². The predicted molar refractivity (Wildman–Crippen MR) is 132 cm³/mol. The first kappa shape index (κ1) is 22.7. The van der Waals surface area contributed by atoms with Gasteiger partial charge in [0.15, 0.2) is 11.5 Å². The zero-order valence-corrected chi connectivity index (χ0v) is 19.4. The number of nitrogens with zero attached hydrogens (tertiary/aromatic N) is 2. The van der Waals surface area contributed by atoms with Gasteiger partial charge in [-0.15, -0.1) is 0 Å². The summed E-state index contributed by atoms with van der Waals surface area (Å²) in [6, 6.07) is 21.5. The summed E-state index contributed by atoms with van der Waals surface area (Å²) in [5, 5.41) is 0.845. The average molecular weight is 473 g/mol. The van der Waals surface area contributed by atoms with Gasteiger partial charge in [0.25, 0.3) is 5.91 Å². The molecule has 1 amide bonds. The number of rotatable bonds is 6. The Bertz CT molecular complexity index is 1370. The molecule has 35 heavy (non-hydrogen) atoms. The second-order valence-electron chi connectivity index (χ2n) is 8.51. The van der Waals surface area contributed by atoms with Crippen LogP contribution < -0.4 is 9.64 Å². The van der Waals surface area contributed by atoms with Crippen LogP contribution in [-0.4, -0.2) is 42.8 Å². The monoisotopic (exact) mass is 472 g/mol. The molecule has 0 N–H and O–H groups in total. The molecule has 1 saturated heterocycles. The summed E-state index contributed by atoms with van der Waals surface area (Å²) >= 11 is 0. The van der Waals surface area contributed by atoms with Crippen molar-refractivity contribution in [3.63, 3.8) is 0 Å². The lowest BCUT2D eigenvalue weighted by molar-refractivity contribution is 0.0713. The van der Waals surface area contributed by atoms with Gasteiger partial charge >= 0.3 is 0 Å². The quantitative estimate of drug-likeness (QED) is 0.356. The number of ketones is 1. The number of ether oxygens (including phenoxy) is 1. The molecular weight excluding hydrogens is 447 g/mol. The molecule has 0 bridgehead atoms. The normalized spacial score (nSPS) is 13.8. The van der Waals surface area contributed by atoms with E-state index in [9.17, 15) is 14.0 Å². The van der Waals surface area contributed by atoms with Gasteiger partial charge in [-0.05, 0) is 43.3 Å². The van der Waals surface area contributed by atoms with Gasteiger partial charge in [0.2, 0.25) is 0 Å². The fraction of sp³-hybridized carbons (Fsp3) is 0.214. The fourth-order valence-corrected chi connectivity index (χ4v) is 4.36. The van der Waals surface area contributed by atoms with Crippen molar-refractivity contribution in [2.24, 2.45) is 0 Å². The number of halogens is 1. The highest BCUT2D eigenvalue weighted by Crippen LogP contribution is 2.29. The molecule has 0 radical (unpaired) electrons. The maximum absolute atomic E-state index is 14.6. The molecule has 3 aromatic carbocycles. The van der Waals surface area contributed by atoms with Crippen molar-refractivity contribution in [1.29, 1.82) is 0 Å². The Morgan fingerprint density at radius 3 is 2.37 bits per heavy atom. The van der Waals surface area contributed by atoms with Crippen molar-refractivity contribution in [3.05, 3.63) is 95.5 Å². The van der Waals surface area contributed by atoms with Crippen LogP contribution in [0.3, 0.4) is 0 Å². The van der Waals surface area contributed by atoms with E-state index >= 15 is 0 Å². The molecule has 0 unspecified atom stereocenters. The van der Waals surface area contributed by atoms with Gasteiger partial charge in [-0.3, -0.25) is 9.59 Å². The van der Waals surface area contributed by atoms with Gasteiger partial charge in [-0.25, -0.2) is 4.39 Å². The number of benzene rings is 3. The third-order valence-electron chi connectivity index (χ3n) is 6.28. The molecule has 6 nitrogen and oxygen atoms in total. The lowest BCUT2D eigenvalue weighted by atomic mass is 10.1. The van der Waals surface area contributed by atoms with Crippen LogP contribution in [0.4, 0.5) is 10.1 Å². The molecule has 1 aromatic heterocycles. The summed E-state index contributed by atoms with van der Waals surface area (Å²) in [4.78, 5) is 28.6. The highest BCUT2D eigenvalue weighted by molar-refractivity contribution is 5.99. The van der Waals surface area contributed by atoms with E-state index in [0.717, 1.165) is 5.39 Å². The molecular formula is C28H25FN2O4. The van der Waals surface area contributed by atoms with Gasteiger partial charge in [0.05, 0.1) is 5.69 Å². The van der Waals surface area contributed by atoms with Crippen LogP contribution in [0.25, 0.3) is 11.0 Å². The van der Waals surface area contributed by atoms with Crippen LogP contribution in [0.5, 0.6) is 5.75 Å². The number of hydrogen-bond donors (Lipinski definition) is 0. The summed E-state index contributed by atoms with van der Waals surface area (Å²) in [7, 11) is 0. The van der Waals surface area contributed by atoms with Crippen molar-refractivity contribution in [1.82, 2.24) is 4.90 Å². The lowest BCUT2D eigenvalue weighted by Crippen LogP contribution is -2.49. The van der Waals surface area contributed by atoms with Crippen molar-refractivity contribution in [3.8, 4) is 5.75 Å². The summed E-state index contributed by atoms with van der Waals surface area (Å²) in [6.45, 7) is 3.40. The molecule has 1 aliphatic heterocycles. The lowest BCUT2D eigenvalue weighted by Gasteiger charge is -2.36. The molecule has 1 fully saturated rings. The number of Topliss-reactive ketones (excluding diaryl/α,β-unsaturated/α-hetero) is 1. The average Bonchev–Trinajstić information content (AvgIpc) is 3.26. The second kappa shape index (κ2) is 9.62. The molecule has 5 rings (SSSR count). The van der Waals surface area contributed by atoms with Crippen LogP contribution in [0, 0.1) is 5.82 Å². The third-order valence-corrected chi connectivity index (χ3v) is 6.28. The highest BCUT2D eigenvalue weighted by Gasteiger charge is 2.29. The molecule has 0 saturated carbocycles. The summed E-state index contributed by atoms with van der Waals surface area (Å²) in [5.74, 6) is 0.161. The molecule has 1 aliphatic rings. The maximum Gasteiger partial charge on any atom is 0.290 e. The van der Waals surface area contributed by atoms with Gasteiger partial charge in [-0.1, -0.05) is 36.4 Å². The van der Waals surface area contributed by atoms with Crippen LogP contribution in [-0.2, 0) is 6.61 Å². The minimum absolute atomic E-state index is 0.177. The van der Waals surface area contributed by atoms with E-state index in [2.05, 4.69) is 0 Å². The number of carbonyl (C=O) groups is 2. The van der Waals surface area contributed by atoms with Crippen molar-refractivity contribution in [2.45, 2.75) is 13.5 Å². The topological polar surface area (TPSA) is 63.0 Å². The SMILES string of the molecule is CC(=O)c1ccc(N2CCN(C(=O)c3oc4ccccc4c3COc3ccccc3)CC2)c(F)c1. The zero-order chi connectivity index (χ0) is 24.4. The van der Waals surface area contributed by atoms with Crippen LogP contribution >= 0.6 is 0 Å². The summed E-state index contributed by atoms with van der Waals surface area (Å²) < 4.78 is 26.5. The first-order chi connectivity index (χ1) is 17.0. The number of hydrogen-bond acceptors (Lipinski definition) is 5. The number of furan rings is 1. The molecule has 0 aliphatic carbocycles. The minimum Gasteiger partial charge on any atom is -0.489 e. The van der Waals surface area contributed by atoms with E-state index in [1.807, 2.05) is 59.5 Å². The molecule has 7 heteroatoms. The highest BCUT2D eigenvalue weighted by atomic mass is 19.1. The Hall–Kier alpha value is -4.13. The first-order valence-electron chi connectivity index (χ1n) is 11.5. The Labute approximate surface area is 202 Å². The van der Waals surface area contributed by atoms with Gasteiger partial charge in [0.1, 0.15) is 23.8 Å². The Kier molecular flexibility index (Phi) is 6.23. The predicted octanol–water partition coefficient (Wildman–Crippen LogP) is 5.32. The number of anilines is 1. The van der Waals surface area contributed by atoms with E-state index in [1.54, 1.807) is 17.0 Å². The van der Waals surface area contributed by atoms with Crippen molar-refractivity contribution < 1.29 is 23.1 Å². The first-order valence-corrected chi connectivity index (χ1v) is 11.5. The third kappa shape index (κ3) is 4.62. The standard InChI is InChI=1S/C28H25FN2O4/c1-19(32)20-11-12-25(24(29)17-20)30-13-15-31(16-14-30)28(33)27-23(18-34-21-7-3-2-4-8-21)22-9-5-6-10-26(22)35-27/h2-12,17H,13-16,18H2,1H3. The Balaban J connectivity index is 1.33. The number of carbonyl (C=O) groups excluding carboxylic acids is 2. The van der Waals surface area contributed by atoms with Gasteiger partial charge in [0, 0.05) is 42.7 Å². The van der Waals surface area contributed by atoms with E-state index in [1.165, 1.54) is 13.0 Å². The number of piperazine rings is 1. The van der Waals surface area contributed by atoms with E-state index in [-0.39, 0.29) is 24.1 Å². The summed E-state index contributed by atoms with van der Waals surface area (Å²) in [5.41, 5.74) is 2.12. The molecule has 0 atom stereocenters. The number of fused-ring (bicyclic) bond motifs is 1. The Morgan fingerprint density at radius 2 is 1.66 bits per heavy atom. The van der Waals surface area contributed by atoms with Crippen LogP contribution in [0.1, 0.15) is 33.4 Å². The molecule has 4 aromatic rings. The molecule has 178 valence electrons. The van der Waals surface area contributed by atoms with E-state index in [4.69, 9.17) is 9.15 Å². The van der Waals surface area contributed by atoms with Crippen LogP contribution in [0.15, 0.2) is 77.2 Å². The van der Waals surface area contributed by atoms with E-state index in [0.29, 0.717) is 54.3 Å². The van der Waals surface area contributed by atoms with E-state index < -0.39 is 5.82 Å². The van der Waals surface area contributed by atoms with Gasteiger partial charge in [-0.2, -0.15) is 0 Å².